The summed E-state index contributed by atoms with van der Waals surface area (Å²) in [7, 11) is 0. The Hall–Kier alpha value is -1.39. The van der Waals surface area contributed by atoms with Gasteiger partial charge in [0.15, 0.2) is 0 Å². The maximum Gasteiger partial charge on any atom is 0.320 e. The first-order valence-electron chi connectivity index (χ1n) is 6.45. The van der Waals surface area contributed by atoms with Crippen LogP contribution in [-0.2, 0) is 11.2 Å². The molecule has 0 bridgehead atoms. The quantitative estimate of drug-likeness (QED) is 0.746. The van der Waals surface area contributed by atoms with Crippen molar-refractivity contribution in [3.63, 3.8) is 0 Å². The van der Waals surface area contributed by atoms with Crippen LogP contribution >= 0.6 is 0 Å². The van der Waals surface area contributed by atoms with Gasteiger partial charge in [-0.25, -0.2) is 0 Å². The standard InChI is InChI=1S/C14H20N2O2/c15-13(14(17)18)8-10-3-1-4-11(7-10)12-5-2-6-16-9-12/h1,3-4,7,12-13,16H,2,5-6,8-9,15H2,(H,17,18). The van der Waals surface area contributed by atoms with Crippen molar-refractivity contribution < 1.29 is 9.90 Å². The molecule has 0 spiro atoms. The van der Waals surface area contributed by atoms with E-state index in [1.807, 2.05) is 12.1 Å². The van der Waals surface area contributed by atoms with Gasteiger partial charge in [-0.1, -0.05) is 24.3 Å². The summed E-state index contributed by atoms with van der Waals surface area (Å²) in [6.45, 7) is 2.11. The van der Waals surface area contributed by atoms with E-state index in [-0.39, 0.29) is 0 Å². The van der Waals surface area contributed by atoms with E-state index < -0.39 is 12.0 Å². The largest absolute Gasteiger partial charge is 0.480 e. The van der Waals surface area contributed by atoms with Crippen LogP contribution in [0, 0.1) is 0 Å². The zero-order valence-corrected chi connectivity index (χ0v) is 10.4. The second-order valence-corrected chi connectivity index (χ2v) is 4.94. The molecule has 1 aliphatic rings. The number of benzene rings is 1. The second kappa shape index (κ2) is 5.98. The van der Waals surface area contributed by atoms with E-state index >= 15 is 0 Å². The van der Waals surface area contributed by atoms with Crippen LogP contribution < -0.4 is 11.1 Å². The van der Waals surface area contributed by atoms with Crippen LogP contribution in [0.15, 0.2) is 24.3 Å². The Morgan fingerprint density at radius 1 is 1.56 bits per heavy atom. The Morgan fingerprint density at radius 3 is 3.06 bits per heavy atom. The van der Waals surface area contributed by atoms with Crippen LogP contribution in [0.4, 0.5) is 0 Å². The minimum atomic E-state index is -0.945. The van der Waals surface area contributed by atoms with Crippen molar-refractivity contribution in [2.24, 2.45) is 5.73 Å². The van der Waals surface area contributed by atoms with E-state index in [0.717, 1.165) is 18.7 Å². The number of nitrogens with one attached hydrogen (secondary N) is 1. The first-order valence-corrected chi connectivity index (χ1v) is 6.45. The summed E-state index contributed by atoms with van der Waals surface area (Å²) < 4.78 is 0. The van der Waals surface area contributed by atoms with Gasteiger partial charge in [-0.3, -0.25) is 4.79 Å². The lowest BCUT2D eigenvalue weighted by Gasteiger charge is -2.23. The van der Waals surface area contributed by atoms with Crippen molar-refractivity contribution in [1.29, 1.82) is 0 Å². The summed E-state index contributed by atoms with van der Waals surface area (Å²) >= 11 is 0. The van der Waals surface area contributed by atoms with Crippen LogP contribution in [-0.4, -0.2) is 30.2 Å². The van der Waals surface area contributed by atoms with E-state index in [4.69, 9.17) is 10.8 Å². The predicted molar refractivity (Wildman–Crippen MR) is 70.6 cm³/mol. The average molecular weight is 248 g/mol. The first kappa shape index (κ1) is 13.1. The molecule has 1 aliphatic heterocycles. The SMILES string of the molecule is NC(Cc1cccc(C2CCCNC2)c1)C(=O)O. The molecule has 1 aromatic carbocycles. The molecule has 1 aromatic rings. The fourth-order valence-corrected chi connectivity index (χ4v) is 2.45. The lowest BCUT2D eigenvalue weighted by atomic mass is 9.90. The van der Waals surface area contributed by atoms with Gasteiger partial charge >= 0.3 is 5.97 Å². The Bertz CT molecular complexity index is 414. The maximum atomic E-state index is 10.8. The molecule has 4 nitrogen and oxygen atoms in total. The molecular formula is C14H20N2O2. The number of nitrogens with two attached hydrogens (primary N) is 1. The third-order valence-electron chi connectivity index (χ3n) is 3.49. The number of hydrogen-bond donors (Lipinski definition) is 3. The minimum absolute atomic E-state index is 0.392. The van der Waals surface area contributed by atoms with E-state index in [2.05, 4.69) is 17.4 Å². The van der Waals surface area contributed by atoms with Gasteiger partial charge in [-0.2, -0.15) is 0 Å². The van der Waals surface area contributed by atoms with Crippen molar-refractivity contribution in [2.75, 3.05) is 13.1 Å². The maximum absolute atomic E-state index is 10.8. The van der Waals surface area contributed by atoms with Crippen LogP contribution in [0.2, 0.25) is 0 Å². The van der Waals surface area contributed by atoms with Gasteiger partial charge in [-0.15, -0.1) is 0 Å². The molecule has 2 unspecified atom stereocenters. The number of carbonyl (C=O) groups is 1. The van der Waals surface area contributed by atoms with Crippen molar-refractivity contribution >= 4 is 5.97 Å². The molecular weight excluding hydrogens is 228 g/mol. The topological polar surface area (TPSA) is 75.3 Å². The summed E-state index contributed by atoms with van der Waals surface area (Å²) in [6.07, 6.45) is 2.79. The Balaban J connectivity index is 2.06. The first-order chi connectivity index (χ1) is 8.66. The highest BCUT2D eigenvalue weighted by molar-refractivity contribution is 5.73. The number of hydrogen-bond acceptors (Lipinski definition) is 3. The van der Waals surface area contributed by atoms with Crippen LogP contribution in [0.3, 0.4) is 0 Å². The Morgan fingerprint density at radius 2 is 2.39 bits per heavy atom. The highest BCUT2D eigenvalue weighted by atomic mass is 16.4. The number of aliphatic carboxylic acids is 1. The van der Waals surface area contributed by atoms with Crippen molar-refractivity contribution in [2.45, 2.75) is 31.2 Å². The fourth-order valence-electron chi connectivity index (χ4n) is 2.45. The molecule has 0 aromatic heterocycles. The van der Waals surface area contributed by atoms with E-state index in [0.29, 0.717) is 12.3 Å². The summed E-state index contributed by atoms with van der Waals surface area (Å²) in [4.78, 5) is 10.8. The molecule has 0 aliphatic carbocycles. The lowest BCUT2D eigenvalue weighted by Crippen LogP contribution is -2.32. The zero-order chi connectivity index (χ0) is 13.0. The van der Waals surface area contributed by atoms with Gasteiger partial charge in [0.1, 0.15) is 6.04 Å². The van der Waals surface area contributed by atoms with Gasteiger partial charge in [-0.05, 0) is 42.9 Å². The summed E-state index contributed by atoms with van der Waals surface area (Å²) in [5, 5.41) is 12.2. The van der Waals surface area contributed by atoms with Crippen LogP contribution in [0.5, 0.6) is 0 Å². The molecule has 1 fully saturated rings. The molecule has 0 saturated carbocycles. The zero-order valence-electron chi connectivity index (χ0n) is 10.4. The highest BCUT2D eigenvalue weighted by Gasteiger charge is 2.16. The summed E-state index contributed by atoms with van der Waals surface area (Å²) in [5.74, 6) is -0.403. The van der Waals surface area contributed by atoms with Gasteiger partial charge in [0.2, 0.25) is 0 Å². The lowest BCUT2D eigenvalue weighted by molar-refractivity contribution is -0.138. The molecule has 2 atom stereocenters. The molecule has 0 amide bonds. The van der Waals surface area contributed by atoms with Crippen LogP contribution in [0.25, 0.3) is 0 Å². The van der Waals surface area contributed by atoms with E-state index in [1.165, 1.54) is 18.4 Å². The van der Waals surface area contributed by atoms with Gasteiger partial charge in [0.25, 0.3) is 0 Å². The third kappa shape index (κ3) is 3.31. The molecule has 98 valence electrons. The van der Waals surface area contributed by atoms with Gasteiger partial charge in [0, 0.05) is 6.54 Å². The monoisotopic (exact) mass is 248 g/mol. The normalized spacial score (nSPS) is 21.5. The number of carboxylic acids is 1. The Kier molecular flexibility index (Phi) is 4.33. The smallest absolute Gasteiger partial charge is 0.320 e. The third-order valence-corrected chi connectivity index (χ3v) is 3.49. The van der Waals surface area contributed by atoms with E-state index in [1.54, 1.807) is 0 Å². The highest BCUT2D eigenvalue weighted by Crippen LogP contribution is 2.24. The molecule has 4 N–H and O–H groups in total. The summed E-state index contributed by atoms with van der Waals surface area (Å²) in [6, 6.07) is 7.34. The van der Waals surface area contributed by atoms with Crippen molar-refractivity contribution in [1.82, 2.24) is 5.32 Å². The fraction of sp³-hybridized carbons (Fsp3) is 0.500. The summed E-state index contributed by atoms with van der Waals surface area (Å²) in [5.41, 5.74) is 7.86. The van der Waals surface area contributed by atoms with Gasteiger partial charge < -0.3 is 16.2 Å². The van der Waals surface area contributed by atoms with E-state index in [9.17, 15) is 4.79 Å². The van der Waals surface area contributed by atoms with Crippen molar-refractivity contribution in [3.8, 4) is 0 Å². The average Bonchev–Trinajstić information content (AvgIpc) is 2.40. The number of carboxylic acid groups (broad SMARTS) is 1. The molecule has 2 rings (SSSR count). The molecule has 4 heteroatoms. The van der Waals surface area contributed by atoms with Gasteiger partial charge in [0.05, 0.1) is 0 Å². The molecule has 1 heterocycles. The molecule has 18 heavy (non-hydrogen) atoms. The molecule has 0 radical (unpaired) electrons. The Labute approximate surface area is 107 Å². The number of rotatable bonds is 4. The second-order valence-electron chi connectivity index (χ2n) is 4.94. The predicted octanol–water partition coefficient (Wildman–Crippen LogP) is 1.11. The van der Waals surface area contributed by atoms with Crippen LogP contribution in [0.1, 0.15) is 29.9 Å². The minimum Gasteiger partial charge on any atom is -0.480 e. The number of piperidine rings is 1. The van der Waals surface area contributed by atoms with Crippen molar-refractivity contribution in [3.05, 3.63) is 35.4 Å². The molecule has 1 saturated heterocycles.